The molecule has 5 rings (SSSR count). The molecule has 3 heterocycles. The molecule has 0 aliphatic carbocycles. The van der Waals surface area contributed by atoms with Crippen LogP contribution in [-0.2, 0) is 11.3 Å². The lowest BCUT2D eigenvalue weighted by molar-refractivity contribution is -0.122. The molecule has 0 saturated carbocycles. The van der Waals surface area contributed by atoms with Gasteiger partial charge in [-0.25, -0.2) is 4.99 Å². The lowest BCUT2D eigenvalue weighted by Gasteiger charge is -2.16. The Labute approximate surface area is 183 Å². The number of hydrogen-bond donors (Lipinski definition) is 0. The van der Waals surface area contributed by atoms with Crippen LogP contribution in [0.5, 0.6) is 0 Å². The van der Waals surface area contributed by atoms with Gasteiger partial charge in [0, 0.05) is 24.3 Å². The van der Waals surface area contributed by atoms with E-state index in [4.69, 9.17) is 4.99 Å². The maximum Gasteiger partial charge on any atom is 0.269 e. The van der Waals surface area contributed by atoms with Crippen LogP contribution >= 0.6 is 23.5 Å². The zero-order chi connectivity index (χ0) is 20.5. The van der Waals surface area contributed by atoms with Crippen LogP contribution in [0.15, 0.2) is 98.9 Å². The van der Waals surface area contributed by atoms with Crippen LogP contribution < -0.4 is 4.90 Å². The van der Waals surface area contributed by atoms with Crippen molar-refractivity contribution in [1.29, 1.82) is 0 Å². The second kappa shape index (κ2) is 8.01. The summed E-state index contributed by atoms with van der Waals surface area (Å²) in [5.41, 5.74) is 2.96. The third kappa shape index (κ3) is 3.51. The average Bonchev–Trinajstić information content (AvgIpc) is 3.27. The lowest BCUT2D eigenvalue weighted by atomic mass is 10.2. The molecular formula is C23H18N4OS2. The fraction of sp³-hybridized carbons (Fsp3) is 0.0870. The van der Waals surface area contributed by atoms with Crippen LogP contribution in [0.4, 0.5) is 11.4 Å². The van der Waals surface area contributed by atoms with Crippen molar-refractivity contribution in [3.05, 3.63) is 94.6 Å². The van der Waals surface area contributed by atoms with Crippen molar-refractivity contribution >= 4 is 46.0 Å². The number of benzene rings is 2. The molecule has 2 aromatic carbocycles. The minimum atomic E-state index is -0.0150. The molecule has 148 valence electrons. The second-order valence-corrected chi connectivity index (χ2v) is 8.85. The molecule has 0 bridgehead atoms. The van der Waals surface area contributed by atoms with Crippen molar-refractivity contribution in [3.63, 3.8) is 0 Å². The van der Waals surface area contributed by atoms with E-state index >= 15 is 0 Å². The number of thioether (sulfide) groups is 2. The summed E-state index contributed by atoms with van der Waals surface area (Å²) in [5.74, 6) is -0.0150. The fourth-order valence-corrected chi connectivity index (χ4v) is 5.70. The number of carbonyl (C=O) groups excluding carboxylic acids is 1. The van der Waals surface area contributed by atoms with Gasteiger partial charge in [0.05, 0.1) is 22.9 Å². The van der Waals surface area contributed by atoms with Crippen molar-refractivity contribution in [2.45, 2.75) is 11.4 Å². The molecule has 0 atom stereocenters. The molecular weight excluding hydrogens is 412 g/mol. The van der Waals surface area contributed by atoms with Crippen molar-refractivity contribution < 1.29 is 4.79 Å². The number of rotatable bonds is 3. The molecule has 1 fully saturated rings. The van der Waals surface area contributed by atoms with Gasteiger partial charge >= 0.3 is 0 Å². The highest BCUT2D eigenvalue weighted by Crippen LogP contribution is 2.50. The van der Waals surface area contributed by atoms with E-state index in [1.165, 1.54) is 11.8 Å². The zero-order valence-corrected chi connectivity index (χ0v) is 17.9. The predicted octanol–water partition coefficient (Wildman–Crippen LogP) is 5.26. The first-order valence-electron chi connectivity index (χ1n) is 9.48. The van der Waals surface area contributed by atoms with Gasteiger partial charge in [-0.1, -0.05) is 54.2 Å². The number of hydrogen-bond acceptors (Lipinski definition) is 6. The van der Waals surface area contributed by atoms with Gasteiger partial charge in [-0.2, -0.15) is 0 Å². The van der Waals surface area contributed by atoms with Gasteiger partial charge in [-0.05, 0) is 41.6 Å². The topological polar surface area (TPSA) is 48.8 Å². The Kier molecular flexibility index (Phi) is 5.06. The minimum absolute atomic E-state index is 0.0150. The van der Waals surface area contributed by atoms with E-state index in [1.807, 2.05) is 61.6 Å². The van der Waals surface area contributed by atoms with E-state index in [0.29, 0.717) is 16.6 Å². The van der Waals surface area contributed by atoms with Crippen molar-refractivity contribution in [3.8, 4) is 0 Å². The van der Waals surface area contributed by atoms with Crippen LogP contribution in [0.3, 0.4) is 0 Å². The van der Waals surface area contributed by atoms with E-state index in [2.05, 4.69) is 22.0 Å². The summed E-state index contributed by atoms with van der Waals surface area (Å²) in [6, 6.07) is 21.9. The Morgan fingerprint density at radius 2 is 1.67 bits per heavy atom. The first kappa shape index (κ1) is 19.0. The van der Waals surface area contributed by atoms with Crippen LogP contribution in [0.2, 0.25) is 0 Å². The maximum atomic E-state index is 13.5. The third-order valence-electron chi connectivity index (χ3n) is 4.87. The van der Waals surface area contributed by atoms with Gasteiger partial charge in [0.1, 0.15) is 4.91 Å². The Morgan fingerprint density at radius 1 is 0.933 bits per heavy atom. The van der Waals surface area contributed by atoms with E-state index < -0.39 is 0 Å². The fourth-order valence-electron chi connectivity index (χ4n) is 3.35. The number of nitrogens with zero attached hydrogens (tertiary/aromatic N) is 4. The zero-order valence-electron chi connectivity index (χ0n) is 16.2. The summed E-state index contributed by atoms with van der Waals surface area (Å²) >= 11 is 3.07. The number of aromatic nitrogens is 1. The second-order valence-electron chi connectivity index (χ2n) is 6.84. The molecule has 1 saturated heterocycles. The number of aliphatic imine (C=N–C) groups is 1. The molecule has 2 aliphatic rings. The molecule has 1 aromatic heterocycles. The number of pyridine rings is 1. The molecule has 0 N–H and O–H groups in total. The maximum absolute atomic E-state index is 13.5. The summed E-state index contributed by atoms with van der Waals surface area (Å²) in [7, 11) is 2.01. The highest BCUT2D eigenvalue weighted by Gasteiger charge is 2.39. The van der Waals surface area contributed by atoms with Crippen molar-refractivity contribution in [2.24, 2.45) is 4.99 Å². The van der Waals surface area contributed by atoms with Crippen molar-refractivity contribution in [1.82, 2.24) is 9.88 Å². The van der Waals surface area contributed by atoms with E-state index in [-0.39, 0.29) is 5.91 Å². The average molecular weight is 431 g/mol. The Morgan fingerprint density at radius 3 is 2.43 bits per heavy atom. The smallest absolute Gasteiger partial charge is 0.269 e. The Hall–Kier alpha value is -3.03. The molecule has 3 aromatic rings. The molecule has 7 heteroatoms. The van der Waals surface area contributed by atoms with Crippen molar-refractivity contribution in [2.75, 3.05) is 11.9 Å². The largest absolute Gasteiger partial charge is 0.337 e. The lowest BCUT2D eigenvalue weighted by Crippen LogP contribution is -2.29. The van der Waals surface area contributed by atoms with Gasteiger partial charge in [-0.3, -0.25) is 14.7 Å². The highest BCUT2D eigenvalue weighted by molar-refractivity contribution is 8.19. The number of anilines is 1. The minimum Gasteiger partial charge on any atom is -0.337 e. The third-order valence-corrected chi connectivity index (χ3v) is 7.30. The van der Waals surface area contributed by atoms with Crippen LogP contribution in [0, 0.1) is 0 Å². The van der Waals surface area contributed by atoms with Crippen LogP contribution in [-0.4, -0.2) is 28.0 Å². The summed E-state index contributed by atoms with van der Waals surface area (Å²) < 4.78 is 0. The SMILES string of the molecule is CN1/C(=C2/S/C(=N/c3ccncc3)N(Cc3ccccc3)C2=O)Sc2ccccc21. The molecule has 0 spiro atoms. The summed E-state index contributed by atoms with van der Waals surface area (Å²) in [6.07, 6.45) is 3.41. The standard InChI is InChI=1S/C23H18N4OS2/c1-26-18-9-5-6-10-19(18)29-22(26)20-21(28)27(15-16-7-3-2-4-8-16)23(30-20)25-17-11-13-24-14-12-17/h2-14H,15H2,1H3/b22-20-,25-23+. The summed E-state index contributed by atoms with van der Waals surface area (Å²) in [5, 5.41) is 1.63. The number of para-hydroxylation sites is 1. The monoisotopic (exact) mass is 430 g/mol. The first-order chi connectivity index (χ1) is 14.7. The number of carbonyl (C=O) groups is 1. The van der Waals surface area contributed by atoms with Gasteiger partial charge in [-0.15, -0.1) is 0 Å². The quantitative estimate of drug-likeness (QED) is 0.531. The number of fused-ring (bicyclic) bond motifs is 1. The number of amidine groups is 1. The molecule has 5 nitrogen and oxygen atoms in total. The summed E-state index contributed by atoms with van der Waals surface area (Å²) in [6.45, 7) is 0.481. The number of amides is 1. The predicted molar refractivity (Wildman–Crippen MR) is 124 cm³/mol. The van der Waals surface area contributed by atoms with Gasteiger partial charge in [0.15, 0.2) is 5.17 Å². The summed E-state index contributed by atoms with van der Waals surface area (Å²) in [4.78, 5) is 28.1. The molecule has 2 aliphatic heterocycles. The van der Waals surface area contributed by atoms with E-state index in [1.54, 1.807) is 29.1 Å². The van der Waals surface area contributed by atoms with E-state index in [0.717, 1.165) is 26.9 Å². The molecule has 0 radical (unpaired) electrons. The van der Waals surface area contributed by atoms with E-state index in [9.17, 15) is 4.79 Å². The first-order valence-corrected chi connectivity index (χ1v) is 11.1. The van der Waals surface area contributed by atoms with Gasteiger partial charge < -0.3 is 4.90 Å². The highest BCUT2D eigenvalue weighted by atomic mass is 32.2. The van der Waals surface area contributed by atoms with Gasteiger partial charge in [0.2, 0.25) is 0 Å². The molecule has 30 heavy (non-hydrogen) atoms. The van der Waals surface area contributed by atoms with Crippen LogP contribution in [0.25, 0.3) is 0 Å². The van der Waals surface area contributed by atoms with Gasteiger partial charge in [0.25, 0.3) is 5.91 Å². The van der Waals surface area contributed by atoms with Crippen LogP contribution in [0.1, 0.15) is 5.56 Å². The Balaban J connectivity index is 1.55. The Bertz CT molecular complexity index is 1160. The normalized spacial score (nSPS) is 19.6. The molecule has 0 unspecified atom stereocenters. The molecule has 1 amide bonds.